The largest absolute Gasteiger partial charge is 0.325 e. The van der Waals surface area contributed by atoms with Gasteiger partial charge in [-0.15, -0.1) is 36.6 Å². The van der Waals surface area contributed by atoms with Crippen LogP contribution < -0.4 is 16.0 Å². The summed E-state index contributed by atoms with van der Waals surface area (Å²) in [5.74, 6) is 1.52. The van der Waals surface area contributed by atoms with Gasteiger partial charge in [-0.2, -0.15) is 0 Å². The number of thioether (sulfide) groups is 1. The summed E-state index contributed by atoms with van der Waals surface area (Å²) in [7, 11) is 3.68. The van der Waals surface area contributed by atoms with Gasteiger partial charge in [-0.1, -0.05) is 0 Å². The van der Waals surface area contributed by atoms with E-state index >= 15 is 0 Å². The average Bonchev–Trinajstić information content (AvgIpc) is 2.94. The summed E-state index contributed by atoms with van der Waals surface area (Å²) in [6.45, 7) is 0.337. The first-order valence-electron chi connectivity index (χ1n) is 6.71. The molecule has 9 heteroatoms. The molecule has 0 aliphatic carbocycles. The van der Waals surface area contributed by atoms with Gasteiger partial charge < -0.3 is 15.5 Å². The van der Waals surface area contributed by atoms with Crippen LogP contribution in [0.2, 0.25) is 0 Å². The molecule has 1 aliphatic rings. The monoisotopic (exact) mass is 380 g/mol. The van der Waals surface area contributed by atoms with Crippen LogP contribution >= 0.6 is 36.6 Å². The van der Waals surface area contributed by atoms with Gasteiger partial charge in [0.25, 0.3) is 0 Å². The normalized spacial score (nSPS) is 16.2. The van der Waals surface area contributed by atoms with Gasteiger partial charge >= 0.3 is 0 Å². The number of carbonyl (C=O) groups is 2. The number of nitrogens with one attached hydrogen (secondary N) is 3. The molecule has 2 rings (SSSR count). The minimum Gasteiger partial charge on any atom is -0.325 e. The van der Waals surface area contributed by atoms with Crippen LogP contribution in [0.15, 0.2) is 24.3 Å². The fourth-order valence-corrected chi connectivity index (χ4v) is 2.86. The molecule has 2 amide bonds. The molecular formula is C14H22Cl2N4O2S. The van der Waals surface area contributed by atoms with Crippen molar-refractivity contribution in [2.24, 2.45) is 0 Å². The van der Waals surface area contributed by atoms with Gasteiger partial charge in [-0.05, 0) is 38.4 Å². The second-order valence-electron chi connectivity index (χ2n) is 5.12. The van der Waals surface area contributed by atoms with E-state index in [9.17, 15) is 9.59 Å². The van der Waals surface area contributed by atoms with Gasteiger partial charge in [-0.3, -0.25) is 14.9 Å². The molecule has 130 valence electrons. The molecule has 1 heterocycles. The predicted octanol–water partition coefficient (Wildman–Crippen LogP) is 1.63. The topological polar surface area (TPSA) is 73.5 Å². The van der Waals surface area contributed by atoms with Crippen LogP contribution in [0.5, 0.6) is 0 Å². The van der Waals surface area contributed by atoms with Gasteiger partial charge in [0.2, 0.25) is 11.8 Å². The van der Waals surface area contributed by atoms with Crippen molar-refractivity contribution in [2.45, 2.75) is 6.04 Å². The molecule has 0 radical (unpaired) electrons. The zero-order chi connectivity index (χ0) is 15.2. The Balaban J connectivity index is 0.00000242. The van der Waals surface area contributed by atoms with Crippen molar-refractivity contribution in [3.05, 3.63) is 24.3 Å². The second-order valence-corrected chi connectivity index (χ2v) is 6.15. The highest BCUT2D eigenvalue weighted by molar-refractivity contribution is 7.99. The van der Waals surface area contributed by atoms with Gasteiger partial charge in [0, 0.05) is 23.0 Å². The van der Waals surface area contributed by atoms with E-state index in [1.165, 1.54) is 0 Å². The second kappa shape index (κ2) is 10.7. The van der Waals surface area contributed by atoms with E-state index in [1.54, 1.807) is 40.9 Å². The number of halogens is 2. The number of carbonyl (C=O) groups excluding carboxylic acids is 2. The molecule has 1 saturated heterocycles. The Morgan fingerprint density at radius 3 is 2.22 bits per heavy atom. The number of benzene rings is 1. The highest BCUT2D eigenvalue weighted by Gasteiger charge is 2.22. The van der Waals surface area contributed by atoms with E-state index in [0.29, 0.717) is 6.54 Å². The molecule has 6 nitrogen and oxygen atoms in total. The summed E-state index contributed by atoms with van der Waals surface area (Å²) < 4.78 is 0. The van der Waals surface area contributed by atoms with Gasteiger partial charge in [0.15, 0.2) is 0 Å². The molecular weight excluding hydrogens is 359 g/mol. The quantitative estimate of drug-likeness (QED) is 0.723. The van der Waals surface area contributed by atoms with Crippen LogP contribution in [-0.2, 0) is 9.59 Å². The molecule has 1 atom stereocenters. The molecule has 1 aliphatic heterocycles. The van der Waals surface area contributed by atoms with Crippen LogP contribution in [0.3, 0.4) is 0 Å². The fourth-order valence-electron chi connectivity index (χ4n) is 1.92. The maximum Gasteiger partial charge on any atom is 0.242 e. The standard InChI is InChI=1S/C14H20N4O2S.2ClH/c1-18(2)7-13(19)16-10-3-5-11(6-4-10)17-14(20)12-8-21-9-15-12;;/h3-6,12,15H,7-9H2,1-2H3,(H,16,19)(H,17,20);2*1H. The minimum absolute atomic E-state index is 0. The summed E-state index contributed by atoms with van der Waals surface area (Å²) >= 11 is 1.71. The Morgan fingerprint density at radius 2 is 1.74 bits per heavy atom. The molecule has 1 aromatic rings. The Kier molecular flexibility index (Phi) is 10.3. The predicted molar refractivity (Wildman–Crippen MR) is 101 cm³/mol. The summed E-state index contributed by atoms with van der Waals surface area (Å²) in [4.78, 5) is 25.4. The molecule has 0 aromatic heterocycles. The van der Waals surface area contributed by atoms with E-state index in [4.69, 9.17) is 0 Å². The zero-order valence-corrected chi connectivity index (χ0v) is 15.4. The van der Waals surface area contributed by atoms with Crippen molar-refractivity contribution in [1.29, 1.82) is 0 Å². The first-order chi connectivity index (χ1) is 10.0. The van der Waals surface area contributed by atoms with Crippen molar-refractivity contribution >= 4 is 59.8 Å². The number of anilines is 2. The van der Waals surface area contributed by atoms with Crippen LogP contribution in [0.1, 0.15) is 0 Å². The Labute approximate surface area is 153 Å². The van der Waals surface area contributed by atoms with E-state index in [1.807, 2.05) is 14.1 Å². The summed E-state index contributed by atoms with van der Waals surface area (Å²) in [5, 5.41) is 8.78. The van der Waals surface area contributed by atoms with Gasteiger partial charge in [0.05, 0.1) is 12.6 Å². The molecule has 1 aromatic carbocycles. The lowest BCUT2D eigenvalue weighted by molar-refractivity contribution is -0.118. The summed E-state index contributed by atoms with van der Waals surface area (Å²) in [6.07, 6.45) is 0. The van der Waals surface area contributed by atoms with Crippen molar-refractivity contribution in [3.8, 4) is 0 Å². The molecule has 0 saturated carbocycles. The van der Waals surface area contributed by atoms with E-state index < -0.39 is 0 Å². The number of hydrogen-bond donors (Lipinski definition) is 3. The maximum atomic E-state index is 11.9. The van der Waals surface area contributed by atoms with E-state index in [2.05, 4.69) is 16.0 Å². The van der Waals surface area contributed by atoms with E-state index in [-0.39, 0.29) is 42.7 Å². The van der Waals surface area contributed by atoms with Gasteiger partial charge in [0.1, 0.15) is 0 Å². The molecule has 23 heavy (non-hydrogen) atoms. The highest BCUT2D eigenvalue weighted by Crippen LogP contribution is 2.16. The number of amides is 2. The number of likely N-dealkylation sites (N-methyl/N-ethyl adjacent to an activating group) is 1. The zero-order valence-electron chi connectivity index (χ0n) is 13.0. The first-order valence-corrected chi connectivity index (χ1v) is 7.87. The van der Waals surface area contributed by atoms with Gasteiger partial charge in [-0.25, -0.2) is 0 Å². The molecule has 0 bridgehead atoms. The smallest absolute Gasteiger partial charge is 0.242 e. The number of rotatable bonds is 5. The SMILES string of the molecule is CN(C)CC(=O)Nc1ccc(NC(=O)C2CSCN2)cc1.Cl.Cl. The third-order valence-electron chi connectivity index (χ3n) is 2.93. The van der Waals surface area contributed by atoms with Crippen molar-refractivity contribution < 1.29 is 9.59 Å². The number of nitrogens with zero attached hydrogens (tertiary/aromatic N) is 1. The molecule has 0 spiro atoms. The first kappa shape index (κ1) is 22.0. The molecule has 1 fully saturated rings. The summed E-state index contributed by atoms with van der Waals surface area (Å²) in [5.41, 5.74) is 1.44. The van der Waals surface area contributed by atoms with E-state index in [0.717, 1.165) is 23.0 Å². The Bertz CT molecular complexity index is 508. The van der Waals surface area contributed by atoms with Crippen LogP contribution in [0.25, 0.3) is 0 Å². The Morgan fingerprint density at radius 1 is 1.17 bits per heavy atom. The Hall–Kier alpha value is -0.990. The highest BCUT2D eigenvalue weighted by atomic mass is 35.5. The van der Waals surface area contributed by atoms with Crippen molar-refractivity contribution in [3.63, 3.8) is 0 Å². The van der Waals surface area contributed by atoms with Crippen LogP contribution in [0.4, 0.5) is 11.4 Å². The lowest BCUT2D eigenvalue weighted by atomic mass is 10.2. The van der Waals surface area contributed by atoms with Crippen molar-refractivity contribution in [1.82, 2.24) is 10.2 Å². The summed E-state index contributed by atoms with van der Waals surface area (Å²) in [6, 6.07) is 6.99. The third kappa shape index (κ3) is 7.41. The lowest BCUT2D eigenvalue weighted by Crippen LogP contribution is -2.37. The van der Waals surface area contributed by atoms with Crippen molar-refractivity contribution in [2.75, 3.05) is 42.9 Å². The lowest BCUT2D eigenvalue weighted by Gasteiger charge is -2.12. The van der Waals surface area contributed by atoms with Crippen LogP contribution in [-0.4, -0.2) is 55.0 Å². The minimum atomic E-state index is -0.130. The molecule has 3 N–H and O–H groups in total. The third-order valence-corrected chi connectivity index (χ3v) is 3.87. The van der Waals surface area contributed by atoms with Crippen LogP contribution in [0, 0.1) is 0 Å². The average molecular weight is 381 g/mol. The molecule has 1 unspecified atom stereocenters. The number of hydrogen-bond acceptors (Lipinski definition) is 5. The fraction of sp³-hybridized carbons (Fsp3) is 0.429. The maximum absolute atomic E-state index is 11.9.